The molecule has 2 aromatic heterocycles. The van der Waals surface area contributed by atoms with E-state index < -0.39 is 0 Å². The fourth-order valence-corrected chi connectivity index (χ4v) is 2.79. The van der Waals surface area contributed by atoms with E-state index in [1.54, 1.807) is 6.33 Å². The summed E-state index contributed by atoms with van der Waals surface area (Å²) in [7, 11) is 0. The van der Waals surface area contributed by atoms with Crippen molar-refractivity contribution in [2.24, 2.45) is 5.92 Å². The first-order chi connectivity index (χ1) is 8.79. The van der Waals surface area contributed by atoms with Crippen molar-refractivity contribution in [3.8, 4) is 0 Å². The minimum Gasteiger partial charge on any atom is -0.394 e. The predicted octanol–water partition coefficient (Wildman–Crippen LogP) is 1.56. The smallest absolute Gasteiger partial charge is 0.142 e. The summed E-state index contributed by atoms with van der Waals surface area (Å²) >= 11 is 0. The Kier molecular flexibility index (Phi) is 2.91. The summed E-state index contributed by atoms with van der Waals surface area (Å²) in [6.45, 7) is 3.37. The zero-order valence-corrected chi connectivity index (χ0v) is 10.5. The molecule has 3 rings (SSSR count). The molecule has 0 unspecified atom stereocenters. The van der Waals surface area contributed by atoms with Gasteiger partial charge in [0, 0.05) is 12.7 Å². The van der Waals surface area contributed by atoms with E-state index in [-0.39, 0.29) is 12.6 Å². The van der Waals surface area contributed by atoms with Crippen molar-refractivity contribution < 1.29 is 5.11 Å². The van der Waals surface area contributed by atoms with Crippen LogP contribution in [-0.4, -0.2) is 39.3 Å². The molecule has 0 spiro atoms. The van der Waals surface area contributed by atoms with Crippen LogP contribution >= 0.6 is 0 Å². The van der Waals surface area contributed by atoms with Crippen LogP contribution in [0.4, 0.5) is 5.82 Å². The molecule has 0 aliphatic carbocycles. The van der Waals surface area contributed by atoms with Crippen LogP contribution in [-0.2, 0) is 0 Å². The number of piperidine rings is 1. The molecule has 1 fully saturated rings. The highest BCUT2D eigenvalue weighted by molar-refractivity contribution is 5.87. The second kappa shape index (κ2) is 4.57. The first-order valence-electron chi connectivity index (χ1n) is 6.45. The Labute approximate surface area is 106 Å². The second-order valence-electron chi connectivity index (χ2n) is 5.10. The number of aromatic amines is 1. The molecule has 2 N–H and O–H groups in total. The number of aromatic nitrogens is 3. The average molecular weight is 246 g/mol. The van der Waals surface area contributed by atoms with Gasteiger partial charge in [-0.2, -0.15) is 0 Å². The standard InChI is InChI=1S/C13H18N4O/c1-9-3-5-17(10(6-9)7-18)13-11-2-4-14-12(11)15-8-16-13/h2,4,8-10,18H,3,5-7H2,1H3,(H,14,15,16)/t9-,10+/m1/s1. The van der Waals surface area contributed by atoms with E-state index in [4.69, 9.17) is 0 Å². The van der Waals surface area contributed by atoms with Gasteiger partial charge in [-0.25, -0.2) is 9.97 Å². The van der Waals surface area contributed by atoms with Crippen molar-refractivity contribution in [1.82, 2.24) is 15.0 Å². The molecule has 2 aromatic rings. The maximum Gasteiger partial charge on any atom is 0.142 e. The van der Waals surface area contributed by atoms with Crippen molar-refractivity contribution in [2.75, 3.05) is 18.1 Å². The Morgan fingerprint density at radius 1 is 1.50 bits per heavy atom. The second-order valence-corrected chi connectivity index (χ2v) is 5.10. The minimum absolute atomic E-state index is 0.168. The number of nitrogens with zero attached hydrogens (tertiary/aromatic N) is 3. The fourth-order valence-electron chi connectivity index (χ4n) is 2.79. The SMILES string of the molecule is C[C@@H]1CCN(c2ncnc3[nH]ccc23)[C@H](CO)C1. The van der Waals surface area contributed by atoms with Crippen LogP contribution in [0.25, 0.3) is 11.0 Å². The van der Waals surface area contributed by atoms with E-state index in [9.17, 15) is 5.11 Å². The predicted molar refractivity (Wildman–Crippen MR) is 70.5 cm³/mol. The van der Waals surface area contributed by atoms with Crippen molar-refractivity contribution in [2.45, 2.75) is 25.8 Å². The summed E-state index contributed by atoms with van der Waals surface area (Å²) in [6, 6.07) is 2.17. The number of aliphatic hydroxyl groups is 1. The number of fused-ring (bicyclic) bond motifs is 1. The van der Waals surface area contributed by atoms with Crippen LogP contribution < -0.4 is 4.90 Å². The summed E-state index contributed by atoms with van der Waals surface area (Å²) < 4.78 is 0. The highest BCUT2D eigenvalue weighted by Crippen LogP contribution is 2.30. The van der Waals surface area contributed by atoms with Crippen molar-refractivity contribution >= 4 is 16.9 Å². The third kappa shape index (κ3) is 1.84. The highest BCUT2D eigenvalue weighted by Gasteiger charge is 2.27. The Morgan fingerprint density at radius 3 is 3.22 bits per heavy atom. The number of rotatable bonds is 2. The number of hydrogen-bond acceptors (Lipinski definition) is 4. The first kappa shape index (κ1) is 11.5. The van der Waals surface area contributed by atoms with E-state index in [1.807, 2.05) is 12.3 Å². The number of aliphatic hydroxyl groups excluding tert-OH is 1. The summed E-state index contributed by atoms with van der Waals surface area (Å²) in [4.78, 5) is 13.9. The van der Waals surface area contributed by atoms with Gasteiger partial charge in [-0.05, 0) is 24.8 Å². The molecule has 18 heavy (non-hydrogen) atoms. The van der Waals surface area contributed by atoms with E-state index >= 15 is 0 Å². The van der Waals surface area contributed by atoms with Gasteiger partial charge in [0.2, 0.25) is 0 Å². The van der Waals surface area contributed by atoms with Crippen LogP contribution in [0, 0.1) is 5.92 Å². The first-order valence-corrected chi connectivity index (χ1v) is 6.45. The number of nitrogens with one attached hydrogen (secondary N) is 1. The Morgan fingerprint density at radius 2 is 2.39 bits per heavy atom. The highest BCUT2D eigenvalue weighted by atomic mass is 16.3. The van der Waals surface area contributed by atoms with E-state index in [1.165, 1.54) is 0 Å². The molecule has 96 valence electrons. The van der Waals surface area contributed by atoms with E-state index in [0.717, 1.165) is 36.2 Å². The van der Waals surface area contributed by atoms with E-state index in [2.05, 4.69) is 26.8 Å². The normalized spacial score (nSPS) is 24.7. The van der Waals surface area contributed by atoms with Crippen LogP contribution in [0.2, 0.25) is 0 Å². The lowest BCUT2D eigenvalue weighted by Gasteiger charge is -2.38. The summed E-state index contributed by atoms with van der Waals surface area (Å²) in [5.41, 5.74) is 0.857. The Balaban J connectivity index is 2.00. The number of H-pyrrole nitrogens is 1. The monoisotopic (exact) mass is 246 g/mol. The molecule has 1 aliphatic heterocycles. The molecule has 5 heteroatoms. The van der Waals surface area contributed by atoms with Crippen LogP contribution in [0.1, 0.15) is 19.8 Å². The zero-order chi connectivity index (χ0) is 12.5. The number of anilines is 1. The Bertz CT molecular complexity index is 539. The number of hydrogen-bond donors (Lipinski definition) is 2. The zero-order valence-electron chi connectivity index (χ0n) is 10.5. The lowest BCUT2D eigenvalue weighted by Crippen LogP contribution is -2.44. The molecule has 2 atom stereocenters. The molecule has 1 saturated heterocycles. The molecule has 0 amide bonds. The molecule has 0 saturated carbocycles. The maximum atomic E-state index is 9.57. The lowest BCUT2D eigenvalue weighted by molar-refractivity contribution is 0.220. The van der Waals surface area contributed by atoms with Crippen LogP contribution in [0.3, 0.4) is 0 Å². The van der Waals surface area contributed by atoms with Gasteiger partial charge >= 0.3 is 0 Å². The topological polar surface area (TPSA) is 65.0 Å². The molecule has 5 nitrogen and oxygen atoms in total. The fraction of sp³-hybridized carbons (Fsp3) is 0.538. The lowest BCUT2D eigenvalue weighted by atomic mass is 9.92. The minimum atomic E-state index is 0.168. The molecular weight excluding hydrogens is 228 g/mol. The third-order valence-electron chi connectivity index (χ3n) is 3.79. The Hall–Kier alpha value is -1.62. The van der Waals surface area contributed by atoms with Gasteiger partial charge < -0.3 is 15.0 Å². The van der Waals surface area contributed by atoms with Gasteiger partial charge in [-0.1, -0.05) is 6.92 Å². The quantitative estimate of drug-likeness (QED) is 0.844. The van der Waals surface area contributed by atoms with Crippen LogP contribution in [0.5, 0.6) is 0 Å². The molecular formula is C13H18N4O. The van der Waals surface area contributed by atoms with Gasteiger partial charge in [0.25, 0.3) is 0 Å². The van der Waals surface area contributed by atoms with Crippen molar-refractivity contribution in [1.29, 1.82) is 0 Å². The molecule has 0 radical (unpaired) electrons. The molecule has 0 bridgehead atoms. The van der Waals surface area contributed by atoms with Gasteiger partial charge in [0.15, 0.2) is 0 Å². The molecule has 1 aliphatic rings. The van der Waals surface area contributed by atoms with E-state index in [0.29, 0.717) is 5.92 Å². The maximum absolute atomic E-state index is 9.57. The molecule has 0 aromatic carbocycles. The molecule has 3 heterocycles. The summed E-state index contributed by atoms with van der Waals surface area (Å²) in [5, 5.41) is 10.6. The largest absolute Gasteiger partial charge is 0.394 e. The van der Waals surface area contributed by atoms with Gasteiger partial charge in [-0.3, -0.25) is 0 Å². The van der Waals surface area contributed by atoms with Gasteiger partial charge in [-0.15, -0.1) is 0 Å². The van der Waals surface area contributed by atoms with Crippen molar-refractivity contribution in [3.05, 3.63) is 18.6 Å². The summed E-state index contributed by atoms with van der Waals surface area (Å²) in [5.74, 6) is 1.61. The summed E-state index contributed by atoms with van der Waals surface area (Å²) in [6.07, 6.45) is 5.63. The van der Waals surface area contributed by atoms with Gasteiger partial charge in [0.05, 0.1) is 18.0 Å². The third-order valence-corrected chi connectivity index (χ3v) is 3.79. The van der Waals surface area contributed by atoms with Gasteiger partial charge in [0.1, 0.15) is 17.8 Å². The van der Waals surface area contributed by atoms with Crippen molar-refractivity contribution in [3.63, 3.8) is 0 Å². The van der Waals surface area contributed by atoms with Crippen LogP contribution in [0.15, 0.2) is 18.6 Å². The average Bonchev–Trinajstić information content (AvgIpc) is 2.86.